The monoisotopic (exact) mass is 445 g/mol. The molecule has 0 unspecified atom stereocenters. The Hall–Kier alpha value is -3.51. The number of ether oxygens (including phenoxy) is 2. The lowest BCUT2D eigenvalue weighted by Crippen LogP contribution is -2.37. The number of aromatic nitrogens is 5. The normalized spacial score (nSPS) is 16.3. The highest BCUT2D eigenvalue weighted by atomic mass is 16.5. The molecule has 2 aliphatic rings. The van der Waals surface area contributed by atoms with Crippen molar-refractivity contribution in [3.63, 3.8) is 0 Å². The first kappa shape index (κ1) is 21.3. The van der Waals surface area contributed by atoms with Gasteiger partial charge in [-0.15, -0.1) is 0 Å². The molecule has 0 amide bonds. The number of fused-ring (bicyclic) bond motifs is 1. The summed E-state index contributed by atoms with van der Waals surface area (Å²) in [7, 11) is 0. The van der Waals surface area contributed by atoms with Gasteiger partial charge in [0.05, 0.1) is 36.8 Å². The maximum atomic E-state index is 9.64. The second-order valence-electron chi connectivity index (χ2n) is 8.67. The molecule has 0 spiro atoms. The van der Waals surface area contributed by atoms with Gasteiger partial charge in [-0.1, -0.05) is 0 Å². The van der Waals surface area contributed by atoms with Crippen LogP contribution in [0.25, 0.3) is 5.82 Å². The Morgan fingerprint density at radius 2 is 2.03 bits per heavy atom. The van der Waals surface area contributed by atoms with Gasteiger partial charge >= 0.3 is 0 Å². The molecule has 9 nitrogen and oxygen atoms in total. The summed E-state index contributed by atoms with van der Waals surface area (Å²) in [6.07, 6.45) is 4.27. The van der Waals surface area contributed by atoms with Gasteiger partial charge in [0.2, 0.25) is 5.88 Å². The zero-order chi connectivity index (χ0) is 22.8. The number of anilines is 1. The summed E-state index contributed by atoms with van der Waals surface area (Å²) in [6, 6.07) is 8.11. The molecule has 9 heteroatoms. The standard InChI is InChI=1S/C24H27N7O2/c1-16-9-17(2)31(29-16)22-11-23(27-15-26-22)33-13-18-3-6-30(7-4-18)24-19(12-25)10-20-14-32-8-5-21(20)28-24/h9-11,15,18H,3-8,13-14H2,1-2H3. The van der Waals surface area contributed by atoms with Gasteiger partial charge in [-0.3, -0.25) is 0 Å². The number of pyridine rings is 1. The second kappa shape index (κ2) is 9.16. The smallest absolute Gasteiger partial charge is 0.218 e. The largest absolute Gasteiger partial charge is 0.477 e. The molecule has 1 saturated heterocycles. The van der Waals surface area contributed by atoms with E-state index < -0.39 is 0 Å². The van der Waals surface area contributed by atoms with Crippen LogP contribution in [-0.2, 0) is 17.8 Å². The predicted octanol–water partition coefficient (Wildman–Crippen LogP) is 2.91. The molecule has 5 rings (SSSR count). The molecule has 0 atom stereocenters. The molecule has 0 bridgehead atoms. The van der Waals surface area contributed by atoms with E-state index in [1.165, 1.54) is 6.33 Å². The Bertz CT molecular complexity index is 1190. The zero-order valence-electron chi connectivity index (χ0n) is 19.0. The lowest BCUT2D eigenvalue weighted by molar-refractivity contribution is 0.109. The van der Waals surface area contributed by atoms with Crippen molar-refractivity contribution in [2.45, 2.75) is 39.7 Å². The maximum Gasteiger partial charge on any atom is 0.218 e. The number of nitrogens with zero attached hydrogens (tertiary/aromatic N) is 7. The summed E-state index contributed by atoms with van der Waals surface area (Å²) < 4.78 is 13.3. The summed E-state index contributed by atoms with van der Waals surface area (Å²) in [4.78, 5) is 15.7. The zero-order valence-corrected chi connectivity index (χ0v) is 19.0. The Balaban J connectivity index is 1.20. The Kier molecular flexibility index (Phi) is 5.92. The topological polar surface area (TPSA) is 102 Å². The average Bonchev–Trinajstić information content (AvgIpc) is 3.20. The number of rotatable bonds is 5. The van der Waals surface area contributed by atoms with Crippen LogP contribution in [0.4, 0.5) is 5.82 Å². The molecule has 170 valence electrons. The molecule has 3 aromatic rings. The quantitative estimate of drug-likeness (QED) is 0.591. The van der Waals surface area contributed by atoms with Gasteiger partial charge in [0.1, 0.15) is 18.2 Å². The minimum Gasteiger partial charge on any atom is -0.477 e. The van der Waals surface area contributed by atoms with E-state index in [0.29, 0.717) is 43.0 Å². The van der Waals surface area contributed by atoms with Crippen LogP contribution in [0.5, 0.6) is 5.88 Å². The van der Waals surface area contributed by atoms with Crippen molar-refractivity contribution in [1.29, 1.82) is 5.26 Å². The number of aryl methyl sites for hydroxylation is 2. The lowest BCUT2D eigenvalue weighted by atomic mass is 9.97. The van der Waals surface area contributed by atoms with E-state index in [1.54, 1.807) is 4.68 Å². The molecule has 1 fully saturated rings. The van der Waals surface area contributed by atoms with E-state index >= 15 is 0 Å². The van der Waals surface area contributed by atoms with Crippen molar-refractivity contribution < 1.29 is 9.47 Å². The summed E-state index contributed by atoms with van der Waals surface area (Å²) in [5, 5.41) is 14.1. The molecule has 0 radical (unpaired) electrons. The summed E-state index contributed by atoms with van der Waals surface area (Å²) >= 11 is 0. The fourth-order valence-corrected chi connectivity index (χ4v) is 4.50. The Morgan fingerprint density at radius 1 is 1.18 bits per heavy atom. The molecule has 2 aliphatic heterocycles. The molecular weight excluding hydrogens is 418 g/mol. The van der Waals surface area contributed by atoms with E-state index in [0.717, 1.165) is 60.8 Å². The molecule has 5 heterocycles. The van der Waals surface area contributed by atoms with Crippen LogP contribution in [0.2, 0.25) is 0 Å². The van der Waals surface area contributed by atoms with Crippen molar-refractivity contribution >= 4 is 5.82 Å². The minimum absolute atomic E-state index is 0.421. The van der Waals surface area contributed by atoms with Crippen LogP contribution in [-0.4, -0.2) is 51.0 Å². The highest BCUT2D eigenvalue weighted by Gasteiger charge is 2.25. The van der Waals surface area contributed by atoms with Gasteiger partial charge in [-0.05, 0) is 44.7 Å². The summed E-state index contributed by atoms with van der Waals surface area (Å²) in [6.45, 7) is 7.50. The first-order chi connectivity index (χ1) is 16.1. The molecule has 33 heavy (non-hydrogen) atoms. The molecule has 0 aromatic carbocycles. The Labute approximate surface area is 193 Å². The van der Waals surface area contributed by atoms with E-state index in [4.69, 9.17) is 14.5 Å². The van der Waals surface area contributed by atoms with E-state index in [2.05, 4.69) is 26.0 Å². The highest BCUT2D eigenvalue weighted by molar-refractivity contribution is 5.56. The fraction of sp³-hybridized carbons (Fsp3) is 0.458. The number of nitriles is 1. The van der Waals surface area contributed by atoms with Gasteiger partial charge in [0, 0.05) is 36.8 Å². The third kappa shape index (κ3) is 4.52. The summed E-state index contributed by atoms with van der Waals surface area (Å²) in [5.74, 6) is 2.49. The van der Waals surface area contributed by atoms with E-state index in [9.17, 15) is 5.26 Å². The van der Waals surface area contributed by atoms with Gasteiger partial charge in [-0.2, -0.15) is 10.4 Å². The highest BCUT2D eigenvalue weighted by Crippen LogP contribution is 2.28. The van der Waals surface area contributed by atoms with Crippen molar-refractivity contribution in [3.05, 3.63) is 52.7 Å². The SMILES string of the molecule is Cc1cc(C)n(-c2cc(OCC3CCN(c4nc5c(cc4C#N)COCC5)CC3)ncn2)n1. The Morgan fingerprint density at radius 3 is 2.79 bits per heavy atom. The van der Waals surface area contributed by atoms with Crippen LogP contribution in [0, 0.1) is 31.1 Å². The first-order valence-electron chi connectivity index (χ1n) is 11.3. The van der Waals surface area contributed by atoms with Crippen molar-refractivity contribution in [1.82, 2.24) is 24.7 Å². The van der Waals surface area contributed by atoms with Gasteiger partial charge < -0.3 is 14.4 Å². The second-order valence-corrected chi connectivity index (χ2v) is 8.67. The summed E-state index contributed by atoms with van der Waals surface area (Å²) in [5.41, 5.74) is 4.69. The molecule has 0 N–H and O–H groups in total. The molecule has 0 aliphatic carbocycles. The van der Waals surface area contributed by atoms with Crippen LogP contribution >= 0.6 is 0 Å². The van der Waals surface area contributed by atoms with Crippen molar-refractivity contribution in [3.8, 4) is 17.8 Å². The van der Waals surface area contributed by atoms with Gasteiger partial charge in [0.25, 0.3) is 0 Å². The van der Waals surface area contributed by atoms with Crippen molar-refractivity contribution in [2.75, 3.05) is 31.2 Å². The number of hydrogen-bond donors (Lipinski definition) is 0. The van der Waals surface area contributed by atoms with E-state index in [-0.39, 0.29) is 0 Å². The third-order valence-corrected chi connectivity index (χ3v) is 6.27. The molecule has 0 saturated carbocycles. The van der Waals surface area contributed by atoms with Crippen molar-refractivity contribution in [2.24, 2.45) is 5.92 Å². The fourth-order valence-electron chi connectivity index (χ4n) is 4.50. The minimum atomic E-state index is 0.421. The van der Waals surface area contributed by atoms with Gasteiger partial charge in [0.15, 0.2) is 5.82 Å². The van der Waals surface area contributed by atoms with Crippen LogP contribution in [0.3, 0.4) is 0 Å². The van der Waals surface area contributed by atoms with E-state index in [1.807, 2.05) is 32.0 Å². The number of piperidine rings is 1. The first-order valence-corrected chi connectivity index (χ1v) is 11.3. The van der Waals surface area contributed by atoms with Crippen LogP contribution in [0.1, 0.15) is 41.1 Å². The van der Waals surface area contributed by atoms with Crippen LogP contribution in [0.15, 0.2) is 24.5 Å². The predicted molar refractivity (Wildman–Crippen MR) is 121 cm³/mol. The van der Waals surface area contributed by atoms with Gasteiger partial charge in [-0.25, -0.2) is 19.6 Å². The molecular formula is C24H27N7O2. The average molecular weight is 446 g/mol. The van der Waals surface area contributed by atoms with Crippen LogP contribution < -0.4 is 9.64 Å². The maximum absolute atomic E-state index is 9.64. The third-order valence-electron chi connectivity index (χ3n) is 6.27. The molecule has 3 aromatic heterocycles. The lowest BCUT2D eigenvalue weighted by Gasteiger charge is -2.33. The number of hydrogen-bond acceptors (Lipinski definition) is 8.